The SMILES string of the molecule is CCOC(=O)N[Si](C)(C)C.[SiH4]. The van der Waals surface area contributed by atoms with Crippen LogP contribution in [0.15, 0.2) is 0 Å². The molecule has 0 aliphatic carbocycles. The molecule has 0 saturated carbocycles. The van der Waals surface area contributed by atoms with Crippen molar-refractivity contribution in [2.75, 3.05) is 6.61 Å². The highest BCUT2D eigenvalue weighted by Gasteiger charge is 2.16. The summed E-state index contributed by atoms with van der Waals surface area (Å²) in [5, 5.41) is 0. The van der Waals surface area contributed by atoms with E-state index in [1.807, 2.05) is 19.6 Å². The van der Waals surface area contributed by atoms with Crippen LogP contribution in [-0.4, -0.2) is 31.9 Å². The zero-order chi connectivity index (χ0) is 8.20. The van der Waals surface area contributed by atoms with E-state index >= 15 is 0 Å². The van der Waals surface area contributed by atoms with Gasteiger partial charge in [0.05, 0.1) is 6.61 Å². The minimum atomic E-state index is -1.48. The molecule has 3 nitrogen and oxygen atoms in total. The molecule has 0 aromatic rings. The Labute approximate surface area is 73.6 Å². The fourth-order valence-corrected chi connectivity index (χ4v) is 1.16. The number of nitrogens with one attached hydrogen (secondary N) is 1. The third-order valence-electron chi connectivity index (χ3n) is 0.752. The van der Waals surface area contributed by atoms with Crippen LogP contribution in [0, 0.1) is 0 Å². The Morgan fingerprint density at radius 2 is 1.91 bits per heavy atom. The van der Waals surface area contributed by atoms with Crippen molar-refractivity contribution in [3.63, 3.8) is 0 Å². The first-order chi connectivity index (χ1) is 4.45. The van der Waals surface area contributed by atoms with Crippen molar-refractivity contribution in [1.29, 1.82) is 0 Å². The normalized spacial score (nSPS) is 9.82. The molecule has 0 fully saturated rings. The van der Waals surface area contributed by atoms with E-state index < -0.39 is 8.24 Å². The molecule has 0 unspecified atom stereocenters. The van der Waals surface area contributed by atoms with Crippen LogP contribution in [0.1, 0.15) is 6.92 Å². The number of hydrogen-bond acceptors (Lipinski definition) is 2. The van der Waals surface area contributed by atoms with Gasteiger partial charge in [0.1, 0.15) is 0 Å². The lowest BCUT2D eigenvalue weighted by molar-refractivity contribution is 0.158. The topological polar surface area (TPSA) is 38.3 Å². The molecule has 0 rings (SSSR count). The van der Waals surface area contributed by atoms with Crippen molar-refractivity contribution in [2.45, 2.75) is 26.6 Å². The average Bonchev–Trinajstić information content (AvgIpc) is 1.59. The molecule has 0 aromatic heterocycles. The summed E-state index contributed by atoms with van der Waals surface area (Å²) >= 11 is 0. The maximum absolute atomic E-state index is 10.8. The second-order valence-corrected chi connectivity index (χ2v) is 7.85. The Hall–Kier alpha value is -0.296. The number of amides is 1. The average molecular weight is 193 g/mol. The number of carbonyl (C=O) groups is 1. The lowest BCUT2D eigenvalue weighted by Crippen LogP contribution is -2.45. The first-order valence-corrected chi connectivity index (χ1v) is 6.90. The smallest absolute Gasteiger partial charge is 0.399 e. The molecule has 11 heavy (non-hydrogen) atoms. The zero-order valence-electron chi connectivity index (χ0n) is 7.02. The maximum atomic E-state index is 10.8. The summed E-state index contributed by atoms with van der Waals surface area (Å²) in [6.45, 7) is 8.37. The van der Waals surface area contributed by atoms with Crippen molar-refractivity contribution in [1.82, 2.24) is 4.98 Å². The maximum Gasteiger partial charge on any atom is 0.399 e. The quantitative estimate of drug-likeness (QED) is 0.633. The second-order valence-electron chi connectivity index (χ2n) is 3.10. The molecule has 1 N–H and O–H groups in total. The minimum Gasteiger partial charge on any atom is -0.450 e. The van der Waals surface area contributed by atoms with Gasteiger partial charge in [0, 0.05) is 0 Å². The molecule has 0 heterocycles. The minimum absolute atomic E-state index is 0. The largest absolute Gasteiger partial charge is 0.450 e. The molecule has 0 atom stereocenters. The summed E-state index contributed by atoms with van der Waals surface area (Å²) in [7, 11) is -1.48. The predicted octanol–water partition coefficient (Wildman–Crippen LogP) is 0.116. The number of rotatable bonds is 2. The van der Waals surface area contributed by atoms with Gasteiger partial charge in [-0.2, -0.15) is 0 Å². The van der Waals surface area contributed by atoms with Crippen LogP contribution >= 0.6 is 0 Å². The summed E-state index contributed by atoms with van der Waals surface area (Å²) in [4.78, 5) is 13.6. The highest BCUT2D eigenvalue weighted by molar-refractivity contribution is 6.75. The van der Waals surface area contributed by atoms with Gasteiger partial charge < -0.3 is 9.72 Å². The van der Waals surface area contributed by atoms with E-state index in [9.17, 15) is 4.79 Å². The van der Waals surface area contributed by atoms with Gasteiger partial charge in [0.15, 0.2) is 8.24 Å². The summed E-state index contributed by atoms with van der Waals surface area (Å²) in [6, 6.07) is 0. The van der Waals surface area contributed by atoms with Crippen molar-refractivity contribution in [3.05, 3.63) is 0 Å². The molecule has 1 amide bonds. The number of ether oxygens (including phenoxy) is 1. The van der Waals surface area contributed by atoms with Gasteiger partial charge in [0.25, 0.3) is 0 Å². The molecule has 0 radical (unpaired) electrons. The molecule has 0 aliphatic heterocycles. The summed E-state index contributed by atoms with van der Waals surface area (Å²) in [5.41, 5.74) is 0. The van der Waals surface area contributed by atoms with Gasteiger partial charge in [-0.3, -0.25) is 0 Å². The molecule has 0 aromatic carbocycles. The van der Waals surface area contributed by atoms with Crippen LogP contribution in [0.4, 0.5) is 4.79 Å². The highest BCUT2D eigenvalue weighted by Crippen LogP contribution is 1.94. The lowest BCUT2D eigenvalue weighted by atomic mass is 10.9. The molecule has 5 heteroatoms. The van der Waals surface area contributed by atoms with Gasteiger partial charge in [-0.1, -0.05) is 19.6 Å². The fraction of sp³-hybridized carbons (Fsp3) is 0.833. The molecule has 0 bridgehead atoms. The Morgan fingerprint density at radius 3 is 2.18 bits per heavy atom. The standard InChI is InChI=1S/C6H15NO2Si.H4Si/c1-5-9-6(8)7-10(2,3)4;/h5H2,1-4H3,(H,7,8);1H4. The Balaban J connectivity index is 0. The van der Waals surface area contributed by atoms with E-state index in [1.165, 1.54) is 0 Å². The van der Waals surface area contributed by atoms with Gasteiger partial charge in [-0.25, -0.2) is 4.79 Å². The van der Waals surface area contributed by atoms with Crippen molar-refractivity contribution in [2.24, 2.45) is 0 Å². The fourth-order valence-electron chi connectivity index (χ4n) is 0.473. The van der Waals surface area contributed by atoms with E-state index in [4.69, 9.17) is 4.74 Å². The Morgan fingerprint density at radius 1 is 1.45 bits per heavy atom. The Kier molecular flexibility index (Phi) is 6.49. The van der Waals surface area contributed by atoms with Crippen LogP contribution in [-0.2, 0) is 4.74 Å². The molecule has 0 aliphatic rings. The van der Waals surface area contributed by atoms with Crippen molar-refractivity contribution in [3.8, 4) is 0 Å². The molecular weight excluding hydrogens is 174 g/mol. The van der Waals surface area contributed by atoms with Crippen LogP contribution in [0.5, 0.6) is 0 Å². The van der Waals surface area contributed by atoms with Crippen LogP contribution in [0.2, 0.25) is 19.6 Å². The predicted molar refractivity (Wildman–Crippen MR) is 54.8 cm³/mol. The van der Waals surface area contributed by atoms with E-state index in [-0.39, 0.29) is 17.1 Å². The summed E-state index contributed by atoms with van der Waals surface area (Å²) in [6.07, 6.45) is -0.290. The Bertz CT molecular complexity index is 122. The first-order valence-electron chi connectivity index (χ1n) is 3.40. The van der Waals surface area contributed by atoms with Crippen LogP contribution in [0.25, 0.3) is 0 Å². The van der Waals surface area contributed by atoms with Crippen molar-refractivity contribution < 1.29 is 9.53 Å². The third kappa shape index (κ3) is 9.70. The number of hydrogen-bond donors (Lipinski definition) is 1. The first kappa shape index (κ1) is 13.3. The summed E-state index contributed by atoms with van der Waals surface area (Å²) in [5.74, 6) is 0. The lowest BCUT2D eigenvalue weighted by Gasteiger charge is -2.16. The van der Waals surface area contributed by atoms with E-state index in [1.54, 1.807) is 6.92 Å². The van der Waals surface area contributed by atoms with Gasteiger partial charge in [0.2, 0.25) is 0 Å². The van der Waals surface area contributed by atoms with Crippen molar-refractivity contribution >= 4 is 25.3 Å². The second kappa shape index (κ2) is 5.37. The van der Waals surface area contributed by atoms with E-state index in [0.717, 1.165) is 0 Å². The monoisotopic (exact) mass is 193 g/mol. The molecular formula is C6H19NO2Si2. The van der Waals surface area contributed by atoms with Gasteiger partial charge in [-0.05, 0) is 17.9 Å². The number of carbonyl (C=O) groups excluding carboxylic acids is 1. The summed E-state index contributed by atoms with van der Waals surface area (Å²) < 4.78 is 4.70. The molecule has 0 saturated heterocycles. The molecule has 68 valence electrons. The third-order valence-corrected chi connectivity index (χ3v) is 1.71. The van der Waals surface area contributed by atoms with E-state index in [2.05, 4.69) is 4.98 Å². The van der Waals surface area contributed by atoms with Crippen LogP contribution < -0.4 is 4.98 Å². The van der Waals surface area contributed by atoms with Crippen LogP contribution in [0.3, 0.4) is 0 Å². The van der Waals surface area contributed by atoms with Gasteiger partial charge >= 0.3 is 6.09 Å². The van der Waals surface area contributed by atoms with Gasteiger partial charge in [-0.15, -0.1) is 0 Å². The zero-order valence-corrected chi connectivity index (χ0v) is 8.02. The molecule has 0 spiro atoms. The highest BCUT2D eigenvalue weighted by atomic mass is 28.3. The van der Waals surface area contributed by atoms with E-state index in [0.29, 0.717) is 6.61 Å².